The summed E-state index contributed by atoms with van der Waals surface area (Å²) in [7, 11) is 0. The van der Waals surface area contributed by atoms with E-state index in [4.69, 9.17) is 0 Å². The van der Waals surface area contributed by atoms with Crippen molar-refractivity contribution in [2.75, 3.05) is 9.80 Å². The Hall–Kier alpha value is -8.46. The Kier molecular flexibility index (Phi) is 10.3. The third kappa shape index (κ3) is 7.59. The summed E-state index contributed by atoms with van der Waals surface area (Å²) in [6.07, 6.45) is 0. The van der Waals surface area contributed by atoms with Crippen molar-refractivity contribution in [3.63, 3.8) is 0 Å². The van der Waals surface area contributed by atoms with Gasteiger partial charge in [-0.25, -0.2) is 0 Å². The first kappa shape index (κ1) is 38.5. The number of anilines is 6. The number of hydrogen-bond donors (Lipinski definition) is 0. The van der Waals surface area contributed by atoms with Gasteiger partial charge in [-0.1, -0.05) is 200 Å². The molecular formula is C62H44N2. The Bertz CT molecular complexity index is 3310. The highest BCUT2D eigenvalue weighted by Crippen LogP contribution is 2.42. The van der Waals surface area contributed by atoms with Gasteiger partial charge in [0, 0.05) is 33.8 Å². The van der Waals surface area contributed by atoms with E-state index in [1.165, 1.54) is 54.9 Å². The molecule has 0 unspecified atom stereocenters. The van der Waals surface area contributed by atoms with E-state index in [1.54, 1.807) is 0 Å². The van der Waals surface area contributed by atoms with Gasteiger partial charge in [0.1, 0.15) is 0 Å². The van der Waals surface area contributed by atoms with Crippen LogP contribution in [-0.4, -0.2) is 0 Å². The largest absolute Gasteiger partial charge is 0.311 e. The first-order valence-corrected chi connectivity index (χ1v) is 21.9. The van der Waals surface area contributed by atoms with Crippen molar-refractivity contribution in [1.82, 2.24) is 0 Å². The molecule has 0 aliphatic carbocycles. The van der Waals surface area contributed by atoms with Crippen LogP contribution >= 0.6 is 0 Å². The monoisotopic (exact) mass is 816 g/mol. The fourth-order valence-corrected chi connectivity index (χ4v) is 9.02. The quantitative estimate of drug-likeness (QED) is 0.136. The number of hydrogen-bond acceptors (Lipinski definition) is 2. The topological polar surface area (TPSA) is 6.48 Å². The Morgan fingerprint density at radius 3 is 0.953 bits per heavy atom. The summed E-state index contributed by atoms with van der Waals surface area (Å²) in [5.74, 6) is 0. The molecule has 11 aromatic rings. The molecule has 302 valence electrons. The maximum atomic E-state index is 2.37. The Morgan fingerprint density at radius 2 is 0.500 bits per heavy atom. The summed E-state index contributed by atoms with van der Waals surface area (Å²) in [4.78, 5) is 4.72. The zero-order chi connectivity index (χ0) is 42.7. The van der Waals surface area contributed by atoms with E-state index in [2.05, 4.69) is 277 Å². The minimum atomic E-state index is 1.09. The van der Waals surface area contributed by atoms with Gasteiger partial charge < -0.3 is 9.80 Å². The molecule has 0 atom stereocenters. The highest BCUT2D eigenvalue weighted by atomic mass is 15.1. The molecule has 11 rings (SSSR count). The number of benzene rings is 11. The van der Waals surface area contributed by atoms with Crippen LogP contribution in [0.5, 0.6) is 0 Å². The third-order valence-electron chi connectivity index (χ3n) is 12.3. The first-order chi connectivity index (χ1) is 31.7. The van der Waals surface area contributed by atoms with Gasteiger partial charge in [-0.15, -0.1) is 0 Å². The predicted octanol–water partition coefficient (Wildman–Crippen LogP) is 17.6. The second-order valence-corrected chi connectivity index (χ2v) is 16.2. The normalized spacial score (nSPS) is 11.1. The van der Waals surface area contributed by atoms with Crippen molar-refractivity contribution in [3.05, 3.63) is 267 Å². The molecule has 2 heteroatoms. The van der Waals surface area contributed by atoms with Crippen molar-refractivity contribution in [2.45, 2.75) is 0 Å². The van der Waals surface area contributed by atoms with Crippen LogP contribution in [0.15, 0.2) is 267 Å². The molecule has 0 aliphatic heterocycles. The van der Waals surface area contributed by atoms with E-state index < -0.39 is 0 Å². The Balaban J connectivity index is 0.929. The summed E-state index contributed by atoms with van der Waals surface area (Å²) in [5.41, 5.74) is 16.2. The standard InChI is InChI=1S/C62H44N2/c1-3-13-45(14-4-1)47-25-35-54(36-26-47)63(56-43-33-53(34-44-56)60-23-11-19-51-17-7-9-21-59(51)60)55-37-27-49(28-38-55)50-31-41-58(42-32-50)64(62-24-12-20-52-18-8-10-22-61(52)62)57-39-29-48(30-40-57)46-15-5-2-6-16-46/h1-44H. The van der Waals surface area contributed by atoms with Gasteiger partial charge in [-0.2, -0.15) is 0 Å². The van der Waals surface area contributed by atoms with Crippen LogP contribution in [0, 0.1) is 0 Å². The fraction of sp³-hybridized carbons (Fsp3) is 0. The molecule has 2 nitrogen and oxygen atoms in total. The molecule has 0 amide bonds. The van der Waals surface area contributed by atoms with Crippen molar-refractivity contribution < 1.29 is 0 Å². The Labute approximate surface area is 375 Å². The zero-order valence-corrected chi connectivity index (χ0v) is 35.3. The lowest BCUT2D eigenvalue weighted by atomic mass is 9.98. The van der Waals surface area contributed by atoms with Gasteiger partial charge in [0.15, 0.2) is 0 Å². The van der Waals surface area contributed by atoms with E-state index in [-0.39, 0.29) is 0 Å². The first-order valence-electron chi connectivity index (χ1n) is 21.9. The van der Waals surface area contributed by atoms with Gasteiger partial charge in [0.05, 0.1) is 5.69 Å². The second kappa shape index (κ2) is 17.1. The minimum Gasteiger partial charge on any atom is -0.311 e. The third-order valence-corrected chi connectivity index (χ3v) is 12.3. The molecule has 64 heavy (non-hydrogen) atoms. The van der Waals surface area contributed by atoms with Crippen LogP contribution in [0.1, 0.15) is 0 Å². The lowest BCUT2D eigenvalue weighted by Crippen LogP contribution is -2.10. The van der Waals surface area contributed by atoms with E-state index in [0.717, 1.165) is 45.3 Å². The average Bonchev–Trinajstić information content (AvgIpc) is 3.38. The van der Waals surface area contributed by atoms with E-state index in [0.29, 0.717) is 0 Å². The summed E-state index contributed by atoms with van der Waals surface area (Å²) in [6.45, 7) is 0. The van der Waals surface area contributed by atoms with E-state index in [9.17, 15) is 0 Å². The van der Waals surface area contributed by atoms with Crippen LogP contribution in [0.2, 0.25) is 0 Å². The maximum Gasteiger partial charge on any atom is 0.0540 e. The molecule has 0 aliphatic rings. The van der Waals surface area contributed by atoms with E-state index >= 15 is 0 Å². The predicted molar refractivity (Wildman–Crippen MR) is 273 cm³/mol. The number of rotatable bonds is 10. The molecule has 0 N–H and O–H groups in total. The molecule has 0 spiro atoms. The highest BCUT2D eigenvalue weighted by molar-refractivity contribution is 5.99. The smallest absolute Gasteiger partial charge is 0.0540 e. The molecule has 0 saturated heterocycles. The molecule has 0 radical (unpaired) electrons. The van der Waals surface area contributed by atoms with Crippen LogP contribution in [0.3, 0.4) is 0 Å². The average molecular weight is 817 g/mol. The SMILES string of the molecule is c1ccc(-c2ccc(N(c3ccc(-c4ccc(N(c5ccc(-c6ccccc6)cc5)c5cccc6ccccc56)cc4)cc3)c3ccc(-c4cccc5ccccc45)cc3)cc2)cc1. The van der Waals surface area contributed by atoms with Crippen molar-refractivity contribution in [2.24, 2.45) is 0 Å². The van der Waals surface area contributed by atoms with Crippen molar-refractivity contribution >= 4 is 55.7 Å². The molecule has 0 fully saturated rings. The molecule has 11 aromatic carbocycles. The van der Waals surface area contributed by atoms with Crippen LogP contribution in [0.4, 0.5) is 34.1 Å². The van der Waals surface area contributed by atoms with Gasteiger partial charge in [-0.3, -0.25) is 0 Å². The van der Waals surface area contributed by atoms with Gasteiger partial charge in [0.25, 0.3) is 0 Å². The van der Waals surface area contributed by atoms with Gasteiger partial charge in [-0.05, 0) is 127 Å². The molecule has 0 heterocycles. The summed E-state index contributed by atoms with van der Waals surface area (Å²) in [6, 6.07) is 96.2. The lowest BCUT2D eigenvalue weighted by molar-refractivity contribution is 1.28. The Morgan fingerprint density at radius 1 is 0.188 bits per heavy atom. The molecule has 0 aromatic heterocycles. The maximum absolute atomic E-state index is 2.37. The second-order valence-electron chi connectivity index (χ2n) is 16.2. The van der Waals surface area contributed by atoms with Crippen LogP contribution in [0.25, 0.3) is 66.1 Å². The molecule has 0 saturated carbocycles. The number of fused-ring (bicyclic) bond motifs is 2. The van der Waals surface area contributed by atoms with Crippen LogP contribution < -0.4 is 9.80 Å². The van der Waals surface area contributed by atoms with Gasteiger partial charge >= 0.3 is 0 Å². The summed E-state index contributed by atoms with van der Waals surface area (Å²) >= 11 is 0. The number of nitrogens with zero attached hydrogens (tertiary/aromatic N) is 2. The van der Waals surface area contributed by atoms with Gasteiger partial charge in [0.2, 0.25) is 0 Å². The molecular weight excluding hydrogens is 773 g/mol. The molecule has 0 bridgehead atoms. The van der Waals surface area contributed by atoms with E-state index in [1.807, 2.05) is 0 Å². The van der Waals surface area contributed by atoms with Crippen molar-refractivity contribution in [3.8, 4) is 44.5 Å². The summed E-state index contributed by atoms with van der Waals surface area (Å²) in [5, 5.41) is 4.92. The minimum absolute atomic E-state index is 1.09. The lowest BCUT2D eigenvalue weighted by Gasteiger charge is -2.27. The van der Waals surface area contributed by atoms with Crippen LogP contribution in [-0.2, 0) is 0 Å². The van der Waals surface area contributed by atoms with Crippen molar-refractivity contribution in [1.29, 1.82) is 0 Å². The summed E-state index contributed by atoms with van der Waals surface area (Å²) < 4.78 is 0. The fourth-order valence-electron chi connectivity index (χ4n) is 9.02. The highest BCUT2D eigenvalue weighted by Gasteiger charge is 2.17. The zero-order valence-electron chi connectivity index (χ0n) is 35.3.